The van der Waals surface area contributed by atoms with Crippen molar-refractivity contribution in [1.29, 1.82) is 0 Å². The molecule has 0 aliphatic rings. The van der Waals surface area contributed by atoms with Crippen LogP contribution in [0.25, 0.3) is 0 Å². The van der Waals surface area contributed by atoms with E-state index in [0.717, 1.165) is 4.90 Å². The molecule has 0 aromatic heterocycles. The highest BCUT2D eigenvalue weighted by Crippen LogP contribution is 2.30. The van der Waals surface area contributed by atoms with Gasteiger partial charge in [-0.3, -0.25) is 9.59 Å². The number of nitrogens with one attached hydrogen (secondary N) is 1. The molecule has 0 radical (unpaired) electrons. The van der Waals surface area contributed by atoms with Crippen LogP contribution in [0.4, 0.5) is 5.69 Å². The number of benzene rings is 1. The van der Waals surface area contributed by atoms with Crippen molar-refractivity contribution in [2.45, 2.75) is 18.2 Å². The fourth-order valence-electron chi connectivity index (χ4n) is 1.15. The summed E-state index contributed by atoms with van der Waals surface area (Å²) in [5.41, 5.74) is 0.630. The molecule has 0 fully saturated rings. The first-order valence-corrected chi connectivity index (χ1v) is 6.27. The maximum absolute atomic E-state index is 10.8. The van der Waals surface area contributed by atoms with Crippen molar-refractivity contribution >= 4 is 40.9 Å². The number of thioether (sulfide) groups is 1. The van der Waals surface area contributed by atoms with Crippen molar-refractivity contribution in [3.05, 3.63) is 23.2 Å². The number of carboxylic acids is 1. The number of amides is 1. The number of aliphatic carboxylic acids is 1. The summed E-state index contributed by atoms with van der Waals surface area (Å²) in [4.78, 5) is 22.0. The lowest BCUT2D eigenvalue weighted by atomic mass is 10.3. The van der Waals surface area contributed by atoms with Gasteiger partial charge in [-0.1, -0.05) is 11.6 Å². The van der Waals surface area contributed by atoms with Crippen molar-refractivity contribution in [3.63, 3.8) is 0 Å². The Kier molecular flexibility index (Phi) is 5.31. The first-order valence-electron chi connectivity index (χ1n) is 4.91. The van der Waals surface area contributed by atoms with Crippen LogP contribution in [-0.2, 0) is 9.59 Å². The summed E-state index contributed by atoms with van der Waals surface area (Å²) >= 11 is 7.39. The van der Waals surface area contributed by atoms with Crippen LogP contribution >= 0.6 is 23.4 Å². The standard InChI is InChI=1S/C11H12ClNO3S/c1-7(14)13-8-2-3-10(9(12)6-8)17-5-4-11(15)16/h2-3,6H,4-5H2,1H3,(H,13,14)(H,15,16). The van der Waals surface area contributed by atoms with E-state index < -0.39 is 5.97 Å². The Bertz CT molecular complexity index is 437. The monoisotopic (exact) mass is 273 g/mol. The molecule has 0 unspecified atom stereocenters. The molecule has 92 valence electrons. The molecular weight excluding hydrogens is 262 g/mol. The van der Waals surface area contributed by atoms with Crippen molar-refractivity contribution in [2.75, 3.05) is 11.1 Å². The largest absolute Gasteiger partial charge is 0.481 e. The maximum atomic E-state index is 10.8. The van der Waals surface area contributed by atoms with E-state index in [2.05, 4.69) is 5.32 Å². The highest BCUT2D eigenvalue weighted by molar-refractivity contribution is 7.99. The number of hydrogen-bond donors (Lipinski definition) is 2. The summed E-state index contributed by atoms with van der Waals surface area (Å²) in [6.45, 7) is 1.42. The predicted molar refractivity (Wildman–Crippen MR) is 68.7 cm³/mol. The predicted octanol–water partition coefficient (Wildman–Crippen LogP) is 2.87. The SMILES string of the molecule is CC(=O)Nc1ccc(SCCC(=O)O)c(Cl)c1. The Labute approximate surface area is 108 Å². The van der Waals surface area contributed by atoms with Crippen LogP contribution in [0.2, 0.25) is 5.02 Å². The zero-order valence-electron chi connectivity index (χ0n) is 9.20. The third-order valence-electron chi connectivity index (χ3n) is 1.83. The molecule has 1 aromatic carbocycles. The van der Waals surface area contributed by atoms with Crippen LogP contribution < -0.4 is 5.32 Å². The molecule has 0 aliphatic carbocycles. The number of carboxylic acid groups (broad SMARTS) is 1. The van der Waals surface area contributed by atoms with Gasteiger partial charge in [-0.15, -0.1) is 11.8 Å². The summed E-state index contributed by atoms with van der Waals surface area (Å²) in [5.74, 6) is -0.523. The average Bonchev–Trinajstić information content (AvgIpc) is 2.20. The van der Waals surface area contributed by atoms with E-state index in [1.54, 1.807) is 18.2 Å². The molecule has 17 heavy (non-hydrogen) atoms. The molecule has 0 aliphatic heterocycles. The Morgan fingerprint density at radius 1 is 1.47 bits per heavy atom. The highest BCUT2D eigenvalue weighted by Gasteiger charge is 2.05. The molecule has 1 rings (SSSR count). The summed E-state index contributed by atoms with van der Waals surface area (Å²) in [6, 6.07) is 5.14. The van der Waals surface area contributed by atoms with Gasteiger partial charge in [0.05, 0.1) is 11.4 Å². The number of carbonyl (C=O) groups is 2. The number of anilines is 1. The normalized spacial score (nSPS) is 10.0. The number of halogens is 1. The van der Waals surface area contributed by atoms with Crippen molar-refractivity contribution < 1.29 is 14.7 Å². The minimum atomic E-state index is -0.830. The maximum Gasteiger partial charge on any atom is 0.304 e. The molecule has 1 aromatic rings. The third kappa shape index (κ3) is 5.10. The third-order valence-corrected chi connectivity index (χ3v) is 3.33. The summed E-state index contributed by atoms with van der Waals surface area (Å²) < 4.78 is 0. The van der Waals surface area contributed by atoms with Gasteiger partial charge in [-0.25, -0.2) is 0 Å². The van der Waals surface area contributed by atoms with Gasteiger partial charge in [0, 0.05) is 23.3 Å². The first-order chi connectivity index (χ1) is 7.99. The van der Waals surface area contributed by atoms with Gasteiger partial charge >= 0.3 is 5.97 Å². The average molecular weight is 274 g/mol. The van der Waals surface area contributed by atoms with Crippen LogP contribution in [0, 0.1) is 0 Å². The summed E-state index contributed by atoms with van der Waals surface area (Å²) in [5, 5.41) is 11.6. The van der Waals surface area contributed by atoms with E-state index in [1.165, 1.54) is 18.7 Å². The summed E-state index contributed by atoms with van der Waals surface area (Å²) in [6.07, 6.45) is 0.0917. The highest BCUT2D eigenvalue weighted by atomic mass is 35.5. The topological polar surface area (TPSA) is 66.4 Å². The molecule has 6 heteroatoms. The van der Waals surface area contributed by atoms with Crippen molar-refractivity contribution in [1.82, 2.24) is 0 Å². The zero-order valence-corrected chi connectivity index (χ0v) is 10.8. The smallest absolute Gasteiger partial charge is 0.304 e. The molecule has 4 nitrogen and oxygen atoms in total. The van der Waals surface area contributed by atoms with E-state index in [-0.39, 0.29) is 12.3 Å². The van der Waals surface area contributed by atoms with Gasteiger partial charge in [-0.05, 0) is 18.2 Å². The second kappa shape index (κ2) is 6.51. The van der Waals surface area contributed by atoms with E-state index in [1.807, 2.05) is 0 Å². The Balaban J connectivity index is 2.62. The first kappa shape index (κ1) is 13.9. The number of hydrogen-bond acceptors (Lipinski definition) is 3. The van der Waals surface area contributed by atoms with E-state index >= 15 is 0 Å². The van der Waals surface area contributed by atoms with Crippen molar-refractivity contribution in [3.8, 4) is 0 Å². The van der Waals surface area contributed by atoms with E-state index in [9.17, 15) is 9.59 Å². The minimum absolute atomic E-state index is 0.0917. The van der Waals surface area contributed by atoms with Gasteiger partial charge in [0.1, 0.15) is 0 Å². The van der Waals surface area contributed by atoms with Crippen LogP contribution in [0.5, 0.6) is 0 Å². The number of carbonyl (C=O) groups excluding carboxylic acids is 1. The fourth-order valence-corrected chi connectivity index (χ4v) is 2.35. The van der Waals surface area contributed by atoms with Crippen LogP contribution in [0.1, 0.15) is 13.3 Å². The minimum Gasteiger partial charge on any atom is -0.481 e. The Morgan fingerprint density at radius 3 is 2.71 bits per heavy atom. The van der Waals surface area contributed by atoms with Crippen LogP contribution in [-0.4, -0.2) is 22.7 Å². The van der Waals surface area contributed by atoms with E-state index in [0.29, 0.717) is 16.5 Å². The van der Waals surface area contributed by atoms with Crippen LogP contribution in [0.15, 0.2) is 23.1 Å². The lowest BCUT2D eigenvalue weighted by molar-refractivity contribution is -0.136. The zero-order chi connectivity index (χ0) is 12.8. The summed E-state index contributed by atoms with van der Waals surface area (Å²) in [7, 11) is 0. The molecule has 0 bridgehead atoms. The molecule has 2 N–H and O–H groups in total. The lowest BCUT2D eigenvalue weighted by Crippen LogP contribution is -2.05. The van der Waals surface area contributed by atoms with Gasteiger partial charge in [0.25, 0.3) is 0 Å². The molecule has 0 heterocycles. The Hall–Kier alpha value is -1.20. The van der Waals surface area contributed by atoms with Gasteiger partial charge < -0.3 is 10.4 Å². The number of rotatable bonds is 5. The van der Waals surface area contributed by atoms with Crippen molar-refractivity contribution in [2.24, 2.45) is 0 Å². The fraction of sp³-hybridized carbons (Fsp3) is 0.273. The lowest BCUT2D eigenvalue weighted by Gasteiger charge is -2.06. The second-order valence-corrected chi connectivity index (χ2v) is 4.86. The quantitative estimate of drug-likeness (QED) is 0.810. The Morgan fingerprint density at radius 2 is 2.18 bits per heavy atom. The molecule has 0 spiro atoms. The molecule has 1 amide bonds. The molecule has 0 saturated carbocycles. The molecular formula is C11H12ClNO3S. The van der Waals surface area contributed by atoms with Gasteiger partial charge in [0.2, 0.25) is 5.91 Å². The second-order valence-electron chi connectivity index (χ2n) is 3.32. The van der Waals surface area contributed by atoms with E-state index in [4.69, 9.17) is 16.7 Å². The van der Waals surface area contributed by atoms with Crippen LogP contribution in [0.3, 0.4) is 0 Å². The molecule has 0 saturated heterocycles. The van der Waals surface area contributed by atoms with Gasteiger partial charge in [0.15, 0.2) is 0 Å². The molecule has 0 atom stereocenters. The van der Waals surface area contributed by atoms with Gasteiger partial charge in [-0.2, -0.15) is 0 Å².